The van der Waals surface area contributed by atoms with Crippen molar-refractivity contribution in [2.75, 3.05) is 0 Å². The van der Waals surface area contributed by atoms with E-state index in [4.69, 9.17) is 0 Å². The highest BCUT2D eigenvalue weighted by Gasteiger charge is 2.53. The van der Waals surface area contributed by atoms with Gasteiger partial charge in [-0.1, -0.05) is 12.1 Å². The number of nitrogens with zero attached hydrogens (tertiary/aromatic N) is 1. The van der Waals surface area contributed by atoms with Crippen LogP contribution in [0, 0.1) is 15.9 Å². The molecule has 0 spiro atoms. The molecule has 0 N–H and O–H groups in total. The Morgan fingerprint density at radius 1 is 1.35 bits per heavy atom. The van der Waals surface area contributed by atoms with Crippen molar-refractivity contribution in [2.24, 2.45) is 0 Å². The quantitative estimate of drug-likeness (QED) is 0.586. The highest BCUT2D eigenvalue weighted by atomic mass is 19.1. The number of nitro groups is 1. The zero-order valence-electron chi connectivity index (χ0n) is 9.19. The van der Waals surface area contributed by atoms with E-state index in [9.17, 15) is 19.3 Å². The average Bonchev–Trinajstić information content (AvgIpc) is 2.29. The van der Waals surface area contributed by atoms with Gasteiger partial charge in [0.05, 0.1) is 0 Å². The van der Waals surface area contributed by atoms with Crippen molar-refractivity contribution in [3.8, 4) is 0 Å². The van der Waals surface area contributed by atoms with Gasteiger partial charge >= 0.3 is 5.54 Å². The smallest absolute Gasteiger partial charge is 0.291 e. The van der Waals surface area contributed by atoms with Gasteiger partial charge in [0, 0.05) is 23.3 Å². The maximum absolute atomic E-state index is 13.1. The minimum Gasteiger partial charge on any atom is -0.291 e. The van der Waals surface area contributed by atoms with E-state index in [1.807, 2.05) is 0 Å². The number of hydrogen-bond donors (Lipinski definition) is 0. The lowest BCUT2D eigenvalue weighted by molar-refractivity contribution is -0.563. The fraction of sp³-hybridized carbons (Fsp3) is 0.417. The molecule has 0 amide bonds. The first-order valence-electron chi connectivity index (χ1n) is 5.51. The van der Waals surface area contributed by atoms with E-state index in [0.717, 1.165) is 6.07 Å². The van der Waals surface area contributed by atoms with E-state index >= 15 is 0 Å². The summed E-state index contributed by atoms with van der Waals surface area (Å²) in [4.78, 5) is 22.6. The summed E-state index contributed by atoms with van der Waals surface area (Å²) in [5.41, 5.74) is -1.58. The zero-order chi connectivity index (χ0) is 12.5. The Morgan fingerprint density at radius 2 is 2.12 bits per heavy atom. The number of carbonyl (C=O) groups is 1. The average molecular weight is 237 g/mol. The minimum atomic E-state index is -1.74. The van der Waals surface area contributed by atoms with Crippen molar-refractivity contribution in [3.05, 3.63) is 45.8 Å². The van der Waals surface area contributed by atoms with Crippen LogP contribution in [0.15, 0.2) is 24.3 Å². The predicted molar refractivity (Wildman–Crippen MR) is 58.5 cm³/mol. The van der Waals surface area contributed by atoms with E-state index in [0.29, 0.717) is 12.8 Å². The molecule has 1 aromatic carbocycles. The third-order valence-corrected chi connectivity index (χ3v) is 3.27. The fourth-order valence-electron chi connectivity index (χ4n) is 2.36. The molecule has 0 saturated heterocycles. The summed E-state index contributed by atoms with van der Waals surface area (Å²) in [6.07, 6.45) is 1.63. The summed E-state index contributed by atoms with van der Waals surface area (Å²) in [6, 6.07) is 5.16. The Balaban J connectivity index is 2.54. The molecule has 1 aromatic rings. The number of benzene rings is 1. The maximum Gasteiger partial charge on any atom is 0.304 e. The lowest BCUT2D eigenvalue weighted by atomic mass is 9.76. The molecule has 0 heterocycles. The molecule has 1 unspecified atom stereocenters. The molecule has 1 fully saturated rings. The van der Waals surface area contributed by atoms with E-state index in [1.165, 1.54) is 18.2 Å². The number of hydrogen-bond acceptors (Lipinski definition) is 3. The molecule has 0 aliphatic heterocycles. The van der Waals surface area contributed by atoms with E-state index in [-0.39, 0.29) is 18.4 Å². The highest BCUT2D eigenvalue weighted by Crippen LogP contribution is 2.37. The first-order chi connectivity index (χ1) is 8.07. The molecule has 0 aromatic heterocycles. The lowest BCUT2D eigenvalue weighted by Crippen LogP contribution is -2.45. The van der Waals surface area contributed by atoms with Crippen molar-refractivity contribution >= 4 is 5.78 Å². The van der Waals surface area contributed by atoms with E-state index in [1.54, 1.807) is 0 Å². The first-order valence-corrected chi connectivity index (χ1v) is 5.51. The van der Waals surface area contributed by atoms with Gasteiger partial charge in [0.1, 0.15) is 5.82 Å². The van der Waals surface area contributed by atoms with Crippen molar-refractivity contribution in [1.29, 1.82) is 0 Å². The van der Waals surface area contributed by atoms with Crippen LogP contribution < -0.4 is 0 Å². The van der Waals surface area contributed by atoms with Crippen LogP contribution in [0.5, 0.6) is 0 Å². The minimum absolute atomic E-state index is 0.155. The van der Waals surface area contributed by atoms with Gasteiger partial charge in [-0.2, -0.15) is 0 Å². The van der Waals surface area contributed by atoms with Crippen LogP contribution >= 0.6 is 0 Å². The second-order valence-corrected chi connectivity index (χ2v) is 4.26. The third-order valence-electron chi connectivity index (χ3n) is 3.27. The van der Waals surface area contributed by atoms with Gasteiger partial charge in [0.15, 0.2) is 0 Å². The molecular weight excluding hydrogens is 225 g/mol. The predicted octanol–water partition coefficient (Wildman–Crippen LogP) is 2.44. The van der Waals surface area contributed by atoms with E-state index < -0.39 is 22.1 Å². The normalized spacial score (nSPS) is 24.6. The molecule has 4 nitrogen and oxygen atoms in total. The molecule has 5 heteroatoms. The number of Topliss-reactive ketones (excluding diaryl/α,β-unsaturated/α-hetero) is 1. The molecule has 2 rings (SSSR count). The standard InChI is InChI=1S/C12H12FNO3/c13-10-5-3-4-9(8-10)12(14(16)17)7-2-1-6-11(12)15/h3-5,8H,1-2,6-7H2. The second-order valence-electron chi connectivity index (χ2n) is 4.26. The number of ketones is 1. The Kier molecular flexibility index (Phi) is 2.92. The van der Waals surface area contributed by atoms with Gasteiger partial charge in [0.2, 0.25) is 5.78 Å². The van der Waals surface area contributed by atoms with Crippen LogP contribution in [-0.4, -0.2) is 10.7 Å². The SMILES string of the molecule is O=C1CCCCC1(c1cccc(F)c1)[N+](=O)[O-]. The molecular formula is C12H12FNO3. The Labute approximate surface area is 97.6 Å². The molecule has 1 aliphatic rings. The van der Waals surface area contributed by atoms with Gasteiger partial charge in [-0.3, -0.25) is 14.9 Å². The largest absolute Gasteiger partial charge is 0.304 e. The summed E-state index contributed by atoms with van der Waals surface area (Å²) in [5.74, 6) is -0.971. The molecule has 17 heavy (non-hydrogen) atoms. The van der Waals surface area contributed by atoms with Crippen LogP contribution in [0.2, 0.25) is 0 Å². The van der Waals surface area contributed by atoms with Crippen LogP contribution in [0.25, 0.3) is 0 Å². The molecule has 1 atom stereocenters. The summed E-state index contributed by atoms with van der Waals surface area (Å²) < 4.78 is 13.1. The monoisotopic (exact) mass is 237 g/mol. The first kappa shape index (κ1) is 11.7. The summed E-state index contributed by atoms with van der Waals surface area (Å²) in [6.45, 7) is 0. The Bertz CT molecular complexity index is 475. The highest BCUT2D eigenvalue weighted by molar-refractivity contribution is 5.88. The van der Waals surface area contributed by atoms with Gasteiger partial charge in [-0.05, 0) is 25.0 Å². The van der Waals surface area contributed by atoms with Crippen molar-refractivity contribution in [2.45, 2.75) is 31.2 Å². The van der Waals surface area contributed by atoms with Gasteiger partial charge in [0.25, 0.3) is 0 Å². The molecule has 1 saturated carbocycles. The van der Waals surface area contributed by atoms with Crippen molar-refractivity contribution < 1.29 is 14.1 Å². The van der Waals surface area contributed by atoms with Crippen LogP contribution in [0.4, 0.5) is 4.39 Å². The molecule has 1 aliphatic carbocycles. The molecule has 0 radical (unpaired) electrons. The molecule has 0 bridgehead atoms. The fourth-order valence-corrected chi connectivity index (χ4v) is 2.36. The Morgan fingerprint density at radius 3 is 2.71 bits per heavy atom. The van der Waals surface area contributed by atoms with Crippen LogP contribution in [0.3, 0.4) is 0 Å². The topological polar surface area (TPSA) is 60.2 Å². The Hall–Kier alpha value is -1.78. The number of carbonyl (C=O) groups excluding carboxylic acids is 1. The third kappa shape index (κ3) is 1.81. The maximum atomic E-state index is 13.1. The van der Waals surface area contributed by atoms with Gasteiger partial charge < -0.3 is 0 Å². The zero-order valence-corrected chi connectivity index (χ0v) is 9.19. The lowest BCUT2D eigenvalue weighted by Gasteiger charge is -2.27. The van der Waals surface area contributed by atoms with Crippen molar-refractivity contribution in [1.82, 2.24) is 0 Å². The summed E-state index contributed by atoms with van der Waals surface area (Å²) in [5, 5.41) is 11.3. The van der Waals surface area contributed by atoms with Crippen LogP contribution in [0.1, 0.15) is 31.2 Å². The summed E-state index contributed by atoms with van der Waals surface area (Å²) in [7, 11) is 0. The van der Waals surface area contributed by atoms with E-state index in [2.05, 4.69) is 0 Å². The second kappa shape index (κ2) is 4.24. The summed E-state index contributed by atoms with van der Waals surface area (Å²) >= 11 is 0. The van der Waals surface area contributed by atoms with Gasteiger partial charge in [-0.15, -0.1) is 0 Å². The number of rotatable bonds is 2. The van der Waals surface area contributed by atoms with Crippen LogP contribution in [-0.2, 0) is 10.3 Å². The van der Waals surface area contributed by atoms with Crippen molar-refractivity contribution in [3.63, 3.8) is 0 Å². The molecule has 90 valence electrons. The number of halogens is 1. The van der Waals surface area contributed by atoms with Gasteiger partial charge in [-0.25, -0.2) is 4.39 Å².